The average molecular weight is 456 g/mol. The number of ether oxygens (including phenoxy) is 1. The number of halogens is 1. The Labute approximate surface area is 200 Å². The molecule has 1 unspecified atom stereocenters. The maximum Gasteiger partial charge on any atom is 0.313 e. The molecule has 2 aromatic carbocycles. The van der Waals surface area contributed by atoms with Crippen molar-refractivity contribution in [1.82, 2.24) is 4.90 Å². The fraction of sp³-hybridized carbons (Fsp3) is 0.552. The van der Waals surface area contributed by atoms with E-state index in [9.17, 15) is 9.18 Å². The van der Waals surface area contributed by atoms with Gasteiger partial charge in [0.05, 0.1) is 5.92 Å². The monoisotopic (exact) mass is 455 g/mol. The lowest BCUT2D eigenvalue weighted by Crippen LogP contribution is -2.31. The predicted octanol–water partition coefficient (Wildman–Crippen LogP) is 7.60. The van der Waals surface area contributed by atoms with Gasteiger partial charge in [0.2, 0.25) is 0 Å². The van der Waals surface area contributed by atoms with Gasteiger partial charge in [-0.1, -0.05) is 94.8 Å². The first-order chi connectivity index (χ1) is 16.1. The third-order valence-electron chi connectivity index (χ3n) is 6.24. The third kappa shape index (κ3) is 9.67. The van der Waals surface area contributed by atoms with Gasteiger partial charge in [-0.25, -0.2) is 4.39 Å². The molecule has 0 fully saturated rings. The van der Waals surface area contributed by atoms with Crippen LogP contribution in [0.25, 0.3) is 11.1 Å². The van der Waals surface area contributed by atoms with Crippen molar-refractivity contribution < 1.29 is 13.9 Å². The Balaban J connectivity index is 1.85. The summed E-state index contributed by atoms with van der Waals surface area (Å²) in [7, 11) is 0. The van der Waals surface area contributed by atoms with Crippen LogP contribution in [0.2, 0.25) is 0 Å². The molecule has 0 amide bonds. The normalized spacial score (nSPS) is 12.2. The minimum Gasteiger partial charge on any atom is -0.464 e. The first kappa shape index (κ1) is 27.0. The van der Waals surface area contributed by atoms with Gasteiger partial charge in [-0.2, -0.15) is 0 Å². The Morgan fingerprint density at radius 1 is 0.879 bits per heavy atom. The van der Waals surface area contributed by atoms with Crippen molar-refractivity contribution in [2.45, 2.75) is 78.1 Å². The maximum absolute atomic E-state index is 14.7. The molecule has 0 aromatic heterocycles. The molecular weight excluding hydrogens is 413 g/mol. The van der Waals surface area contributed by atoms with Crippen LogP contribution in [-0.2, 0) is 9.53 Å². The summed E-state index contributed by atoms with van der Waals surface area (Å²) in [5, 5.41) is 0. The number of carbonyl (C=O) groups excluding carboxylic acids is 1. The van der Waals surface area contributed by atoms with Gasteiger partial charge in [0.15, 0.2) is 0 Å². The van der Waals surface area contributed by atoms with Gasteiger partial charge in [0.1, 0.15) is 12.4 Å². The van der Waals surface area contributed by atoms with E-state index in [1.54, 1.807) is 13.0 Å². The summed E-state index contributed by atoms with van der Waals surface area (Å²) in [6, 6.07) is 14.5. The third-order valence-corrected chi connectivity index (χ3v) is 6.24. The first-order valence-electron chi connectivity index (χ1n) is 12.8. The van der Waals surface area contributed by atoms with E-state index in [2.05, 4.69) is 18.7 Å². The smallest absolute Gasteiger partial charge is 0.313 e. The molecule has 1 atom stereocenters. The number of rotatable bonds is 16. The van der Waals surface area contributed by atoms with E-state index in [0.717, 1.165) is 25.2 Å². The van der Waals surface area contributed by atoms with Gasteiger partial charge < -0.3 is 4.74 Å². The largest absolute Gasteiger partial charge is 0.464 e. The number of hydrogen-bond acceptors (Lipinski definition) is 3. The summed E-state index contributed by atoms with van der Waals surface area (Å²) in [6.45, 7) is 9.51. The van der Waals surface area contributed by atoms with Gasteiger partial charge in [0.25, 0.3) is 0 Å². The molecule has 4 heteroatoms. The molecule has 2 aromatic rings. The standard InChI is InChI=1S/C29H42FNO2/c1-4-6-8-13-19-31(20-14-9-7-5-2)21-22-33-29(32)24(3)26-17-18-27(28(30)23-26)25-15-11-10-12-16-25/h10-12,15-18,23-24H,4-9,13-14,19-22H2,1-3H3. The molecule has 2 rings (SSSR count). The van der Waals surface area contributed by atoms with Crippen LogP contribution in [0.1, 0.15) is 83.6 Å². The summed E-state index contributed by atoms with van der Waals surface area (Å²) in [5.41, 5.74) is 2.02. The number of unbranched alkanes of at least 4 members (excludes halogenated alkanes) is 6. The van der Waals surface area contributed by atoms with Crippen molar-refractivity contribution in [1.29, 1.82) is 0 Å². The molecule has 0 saturated heterocycles. The van der Waals surface area contributed by atoms with Crippen molar-refractivity contribution in [2.24, 2.45) is 0 Å². The molecular formula is C29H42FNO2. The Kier molecular flexibility index (Phi) is 12.8. The van der Waals surface area contributed by atoms with Crippen LogP contribution in [-0.4, -0.2) is 37.1 Å². The van der Waals surface area contributed by atoms with Crippen molar-refractivity contribution in [3.8, 4) is 11.1 Å². The van der Waals surface area contributed by atoms with E-state index in [1.807, 2.05) is 36.4 Å². The molecule has 0 aliphatic carbocycles. The Hall–Kier alpha value is -2.20. The van der Waals surface area contributed by atoms with Crippen molar-refractivity contribution >= 4 is 5.97 Å². The van der Waals surface area contributed by atoms with Crippen LogP contribution < -0.4 is 0 Å². The lowest BCUT2D eigenvalue weighted by atomic mass is 9.97. The molecule has 3 nitrogen and oxygen atoms in total. The quantitative estimate of drug-likeness (QED) is 0.193. The Bertz CT molecular complexity index is 797. The second kappa shape index (κ2) is 15.6. The fourth-order valence-electron chi connectivity index (χ4n) is 4.05. The van der Waals surface area contributed by atoms with E-state index in [-0.39, 0.29) is 11.8 Å². The molecule has 0 heterocycles. The number of hydrogen-bond donors (Lipinski definition) is 0. The van der Waals surface area contributed by atoms with Crippen LogP contribution in [0.3, 0.4) is 0 Å². The summed E-state index contributed by atoms with van der Waals surface area (Å²) in [6.07, 6.45) is 9.91. The van der Waals surface area contributed by atoms with E-state index in [1.165, 1.54) is 57.4 Å². The summed E-state index contributed by atoms with van der Waals surface area (Å²) >= 11 is 0. The van der Waals surface area contributed by atoms with E-state index < -0.39 is 5.92 Å². The molecule has 0 spiro atoms. The predicted molar refractivity (Wildman–Crippen MR) is 136 cm³/mol. The molecule has 0 bridgehead atoms. The lowest BCUT2D eigenvalue weighted by molar-refractivity contribution is -0.145. The number of carbonyl (C=O) groups is 1. The summed E-state index contributed by atoms with van der Waals surface area (Å²) < 4.78 is 20.3. The molecule has 182 valence electrons. The van der Waals surface area contributed by atoms with Gasteiger partial charge in [0, 0.05) is 12.1 Å². The fourth-order valence-corrected chi connectivity index (χ4v) is 4.05. The topological polar surface area (TPSA) is 29.5 Å². The van der Waals surface area contributed by atoms with Crippen LogP contribution in [0.4, 0.5) is 4.39 Å². The van der Waals surface area contributed by atoms with E-state index in [0.29, 0.717) is 17.7 Å². The van der Waals surface area contributed by atoms with Crippen LogP contribution in [0.5, 0.6) is 0 Å². The van der Waals surface area contributed by atoms with Crippen LogP contribution in [0, 0.1) is 5.82 Å². The van der Waals surface area contributed by atoms with Crippen molar-refractivity contribution in [3.63, 3.8) is 0 Å². The SMILES string of the molecule is CCCCCCN(CCCCCC)CCOC(=O)C(C)c1ccc(-c2ccccc2)c(F)c1. The minimum absolute atomic E-state index is 0.293. The lowest BCUT2D eigenvalue weighted by Gasteiger charge is -2.22. The highest BCUT2D eigenvalue weighted by Crippen LogP contribution is 2.26. The zero-order chi connectivity index (χ0) is 23.9. The minimum atomic E-state index is -0.494. The van der Waals surface area contributed by atoms with Crippen molar-refractivity contribution in [3.05, 3.63) is 59.9 Å². The van der Waals surface area contributed by atoms with E-state index >= 15 is 0 Å². The highest BCUT2D eigenvalue weighted by molar-refractivity contribution is 5.78. The summed E-state index contributed by atoms with van der Waals surface area (Å²) in [4.78, 5) is 15.1. The highest BCUT2D eigenvalue weighted by atomic mass is 19.1. The summed E-state index contributed by atoms with van der Waals surface area (Å²) in [5.74, 6) is -1.10. The van der Waals surface area contributed by atoms with Gasteiger partial charge in [-0.3, -0.25) is 9.69 Å². The number of esters is 1. The molecule has 0 saturated carbocycles. The van der Waals surface area contributed by atoms with Gasteiger partial charge in [-0.15, -0.1) is 0 Å². The highest BCUT2D eigenvalue weighted by Gasteiger charge is 2.19. The van der Waals surface area contributed by atoms with Crippen LogP contribution >= 0.6 is 0 Å². The molecule has 0 N–H and O–H groups in total. The maximum atomic E-state index is 14.7. The number of benzene rings is 2. The first-order valence-corrected chi connectivity index (χ1v) is 12.8. The zero-order valence-corrected chi connectivity index (χ0v) is 20.8. The molecule has 0 aliphatic heterocycles. The van der Waals surface area contributed by atoms with Crippen molar-refractivity contribution in [2.75, 3.05) is 26.2 Å². The van der Waals surface area contributed by atoms with Crippen LogP contribution in [0.15, 0.2) is 48.5 Å². The molecule has 33 heavy (non-hydrogen) atoms. The second-order valence-electron chi connectivity index (χ2n) is 8.96. The van der Waals surface area contributed by atoms with Gasteiger partial charge >= 0.3 is 5.97 Å². The molecule has 0 aliphatic rings. The zero-order valence-electron chi connectivity index (χ0n) is 20.8. The average Bonchev–Trinajstić information content (AvgIpc) is 2.83. The van der Waals surface area contributed by atoms with E-state index in [4.69, 9.17) is 4.74 Å². The number of nitrogens with zero attached hydrogens (tertiary/aromatic N) is 1. The second-order valence-corrected chi connectivity index (χ2v) is 8.96. The van der Waals surface area contributed by atoms with Gasteiger partial charge in [-0.05, 0) is 50.0 Å². The Morgan fingerprint density at radius 2 is 1.52 bits per heavy atom. The Morgan fingerprint density at radius 3 is 2.09 bits per heavy atom. The molecule has 0 radical (unpaired) electrons.